The van der Waals surface area contributed by atoms with Crippen LogP contribution in [-0.2, 0) is 38.0 Å². The lowest BCUT2D eigenvalue weighted by Crippen LogP contribution is -2.34. The van der Waals surface area contributed by atoms with E-state index < -0.39 is 59.8 Å². The Morgan fingerprint density at radius 3 is 2.37 bits per heavy atom. The highest BCUT2D eigenvalue weighted by molar-refractivity contribution is 7.66. The summed E-state index contributed by atoms with van der Waals surface area (Å²) in [6, 6.07) is 0. The molecule has 0 bridgehead atoms. The molecule has 172 valence electrons. The first-order valence-electron chi connectivity index (χ1n) is 8.08. The molecule has 1 aromatic heterocycles. The van der Waals surface area contributed by atoms with E-state index >= 15 is 0 Å². The number of aliphatic hydroxyl groups is 1. The number of H-pyrrole nitrogens is 1. The van der Waals surface area contributed by atoms with Crippen LogP contribution in [0.1, 0.15) is 25.1 Å². The topological polar surface area (TPSA) is 244 Å². The van der Waals surface area contributed by atoms with E-state index in [0.29, 0.717) is 6.42 Å². The molecule has 6 N–H and O–H groups in total. The number of nitrogens with zero attached hydrogens (tertiary/aromatic N) is 1. The fourth-order valence-corrected chi connectivity index (χ4v) is 5.53. The molecule has 5 atom stereocenters. The number of aromatic amines is 1. The van der Waals surface area contributed by atoms with E-state index in [-0.39, 0.29) is 12.0 Å². The molecule has 1 fully saturated rings. The van der Waals surface area contributed by atoms with Gasteiger partial charge >= 0.3 is 29.2 Å². The van der Waals surface area contributed by atoms with Gasteiger partial charge in [-0.25, -0.2) is 18.5 Å². The van der Waals surface area contributed by atoms with Crippen LogP contribution in [0.15, 0.2) is 15.8 Å². The molecular formula is C11H19N2O14P3. The lowest BCUT2D eigenvalue weighted by molar-refractivity contribution is -0.0450. The number of rotatable bonds is 9. The first-order chi connectivity index (χ1) is 13.6. The van der Waals surface area contributed by atoms with E-state index in [9.17, 15) is 33.3 Å². The van der Waals surface area contributed by atoms with Crippen molar-refractivity contribution in [3.8, 4) is 0 Å². The number of aromatic nitrogens is 2. The smallest absolute Gasteiger partial charge is 0.390 e. The number of phosphoric acid groups is 3. The molecule has 19 heteroatoms. The van der Waals surface area contributed by atoms with Crippen molar-refractivity contribution in [3.63, 3.8) is 0 Å². The second-order valence-electron chi connectivity index (χ2n) is 5.99. The molecule has 0 radical (unpaired) electrons. The lowest BCUT2D eigenvalue weighted by Gasteiger charge is -2.19. The summed E-state index contributed by atoms with van der Waals surface area (Å²) in [5, 5.41) is 10.0. The molecule has 1 aliphatic heterocycles. The highest BCUT2D eigenvalue weighted by Crippen LogP contribution is 2.66. The van der Waals surface area contributed by atoms with Crippen molar-refractivity contribution in [1.82, 2.24) is 9.55 Å². The predicted molar refractivity (Wildman–Crippen MR) is 95.1 cm³/mol. The highest BCUT2D eigenvalue weighted by atomic mass is 31.3. The van der Waals surface area contributed by atoms with E-state index in [0.717, 1.165) is 4.57 Å². The molecule has 1 aromatic rings. The van der Waals surface area contributed by atoms with Gasteiger partial charge in [0.05, 0.1) is 12.7 Å². The average Bonchev–Trinajstić information content (AvgIpc) is 2.90. The van der Waals surface area contributed by atoms with Crippen molar-refractivity contribution < 1.29 is 56.3 Å². The van der Waals surface area contributed by atoms with Gasteiger partial charge in [-0.05, 0) is 6.42 Å². The van der Waals surface area contributed by atoms with Gasteiger partial charge in [0.15, 0.2) is 0 Å². The number of phosphoric ester groups is 1. The number of ether oxygens (including phenoxy) is 1. The van der Waals surface area contributed by atoms with Crippen LogP contribution in [0.2, 0.25) is 0 Å². The number of hydrogen-bond donors (Lipinski definition) is 6. The first-order valence-corrected chi connectivity index (χ1v) is 12.6. The molecular weight excluding hydrogens is 477 g/mol. The molecule has 0 aromatic carbocycles. The molecule has 1 saturated heterocycles. The molecule has 30 heavy (non-hydrogen) atoms. The third-order valence-corrected chi connectivity index (χ3v) is 7.56. The van der Waals surface area contributed by atoms with Gasteiger partial charge in [0, 0.05) is 18.2 Å². The molecule has 1 aliphatic rings. The van der Waals surface area contributed by atoms with Crippen molar-refractivity contribution in [2.75, 3.05) is 6.61 Å². The zero-order valence-corrected chi connectivity index (χ0v) is 17.8. The van der Waals surface area contributed by atoms with Crippen LogP contribution in [0, 0.1) is 0 Å². The highest BCUT2D eigenvalue weighted by Gasteiger charge is 2.42. The molecule has 0 spiro atoms. The fraction of sp³-hybridized carbons (Fsp3) is 0.636. The summed E-state index contributed by atoms with van der Waals surface area (Å²) in [4.78, 5) is 61.1. The van der Waals surface area contributed by atoms with Crippen LogP contribution >= 0.6 is 23.5 Å². The molecule has 2 unspecified atom stereocenters. The maximum atomic E-state index is 12.0. The number of aryl methyl sites for hydroxylation is 1. The summed E-state index contributed by atoms with van der Waals surface area (Å²) in [6.45, 7) is 0.801. The van der Waals surface area contributed by atoms with Gasteiger partial charge < -0.3 is 29.4 Å². The minimum Gasteiger partial charge on any atom is -0.390 e. The number of aliphatic hydroxyl groups excluding tert-OH is 1. The SMILES string of the molecule is CCc1cn([C@H]2C[C@H](O)[C@@H](COP(=O)(O)OP(=O)(O)OP(=O)(O)O)O2)c(=O)[nH]c1=O. The third kappa shape index (κ3) is 7.02. The second-order valence-corrected chi connectivity index (χ2v) is 10.4. The van der Waals surface area contributed by atoms with Crippen LogP contribution in [0.3, 0.4) is 0 Å². The normalized spacial score (nSPS) is 26.3. The van der Waals surface area contributed by atoms with E-state index in [4.69, 9.17) is 19.4 Å². The second kappa shape index (κ2) is 9.25. The molecule has 0 amide bonds. The zero-order chi connectivity index (χ0) is 22.9. The number of nitrogens with one attached hydrogen (secondary N) is 1. The quantitative estimate of drug-likeness (QED) is 0.227. The Bertz CT molecular complexity index is 1030. The molecule has 0 aliphatic carbocycles. The van der Waals surface area contributed by atoms with E-state index in [1.165, 1.54) is 6.20 Å². The summed E-state index contributed by atoms with van der Waals surface area (Å²) in [5.74, 6) is 0. The van der Waals surface area contributed by atoms with E-state index in [1.807, 2.05) is 0 Å². The minimum atomic E-state index is -5.68. The summed E-state index contributed by atoms with van der Waals surface area (Å²) < 4.78 is 51.5. The Kier molecular flexibility index (Phi) is 7.79. The molecule has 0 saturated carbocycles. The molecule has 2 heterocycles. The molecule has 16 nitrogen and oxygen atoms in total. The number of hydrogen-bond acceptors (Lipinski definition) is 10. The van der Waals surface area contributed by atoms with Gasteiger partial charge in [-0.15, -0.1) is 0 Å². The van der Waals surface area contributed by atoms with Gasteiger partial charge in [-0.2, -0.15) is 8.62 Å². The maximum absolute atomic E-state index is 12.0. The van der Waals surface area contributed by atoms with Gasteiger partial charge in [-0.1, -0.05) is 6.92 Å². The Labute approximate surface area is 167 Å². The lowest BCUT2D eigenvalue weighted by atomic mass is 10.2. The van der Waals surface area contributed by atoms with Gasteiger partial charge in [0.2, 0.25) is 0 Å². The zero-order valence-electron chi connectivity index (χ0n) is 15.1. The summed E-state index contributed by atoms with van der Waals surface area (Å²) in [6.07, 6.45) is -2.30. The van der Waals surface area contributed by atoms with Crippen LogP contribution < -0.4 is 11.2 Å². The predicted octanol–water partition coefficient (Wildman–Crippen LogP) is -0.909. The van der Waals surface area contributed by atoms with Crippen molar-refractivity contribution in [2.24, 2.45) is 0 Å². The largest absolute Gasteiger partial charge is 0.490 e. The van der Waals surface area contributed by atoms with Crippen LogP contribution in [0.25, 0.3) is 0 Å². The summed E-state index contributed by atoms with van der Waals surface area (Å²) in [5.41, 5.74) is -1.13. The average molecular weight is 496 g/mol. The van der Waals surface area contributed by atoms with Gasteiger partial charge in [0.1, 0.15) is 12.3 Å². The monoisotopic (exact) mass is 496 g/mol. The van der Waals surface area contributed by atoms with E-state index in [2.05, 4.69) is 18.1 Å². The van der Waals surface area contributed by atoms with Crippen molar-refractivity contribution >= 4 is 23.5 Å². The Hall–Kier alpha value is -0.990. The van der Waals surface area contributed by atoms with Crippen molar-refractivity contribution in [2.45, 2.75) is 38.2 Å². The Morgan fingerprint density at radius 2 is 1.80 bits per heavy atom. The fourth-order valence-electron chi connectivity index (χ4n) is 2.50. The standard InChI is InChI=1S/C11H19N2O14P3/c1-2-6-4-13(11(16)12-10(6)15)9-3-7(14)8(25-9)5-24-29(20,21)27-30(22,23)26-28(17,18)19/h4,7-9,14H,2-3,5H2,1H3,(H,20,21)(H,22,23)(H,12,15,16)(H2,17,18,19)/t7-,8+,9+/m0/s1. The minimum absolute atomic E-state index is 0.167. The van der Waals surface area contributed by atoms with Gasteiger partial charge in [-0.3, -0.25) is 18.9 Å². The van der Waals surface area contributed by atoms with Crippen LogP contribution in [-0.4, -0.2) is 53.0 Å². The third-order valence-electron chi connectivity index (χ3n) is 3.75. The Morgan fingerprint density at radius 1 is 1.17 bits per heavy atom. The van der Waals surface area contributed by atoms with Crippen LogP contribution in [0.4, 0.5) is 0 Å². The Balaban J connectivity index is 2.05. The van der Waals surface area contributed by atoms with Crippen molar-refractivity contribution in [3.05, 3.63) is 32.6 Å². The summed E-state index contributed by atoms with van der Waals surface area (Å²) in [7, 11) is -16.6. The van der Waals surface area contributed by atoms with Gasteiger partial charge in [0.25, 0.3) is 5.56 Å². The van der Waals surface area contributed by atoms with Crippen LogP contribution in [0.5, 0.6) is 0 Å². The molecule has 2 rings (SSSR count). The van der Waals surface area contributed by atoms with Crippen molar-refractivity contribution in [1.29, 1.82) is 0 Å². The summed E-state index contributed by atoms with van der Waals surface area (Å²) >= 11 is 0. The first kappa shape index (κ1) is 25.3. The van der Waals surface area contributed by atoms with E-state index in [1.54, 1.807) is 6.92 Å². The maximum Gasteiger partial charge on any atom is 0.490 e.